The lowest BCUT2D eigenvalue weighted by molar-refractivity contribution is 0.102. The topological polar surface area (TPSA) is 93.6 Å². The SMILES string of the molecule is COc1cc(C(=O)Nc2ncnc3cc(OCc4ccccc4)cc(O)c23)ccc1Cl. The molecular weight excluding hydrogens is 418 g/mol. The van der Waals surface area contributed by atoms with E-state index in [1.54, 1.807) is 18.2 Å². The fraction of sp³-hybridized carbons (Fsp3) is 0.0870. The second kappa shape index (κ2) is 8.89. The van der Waals surface area contributed by atoms with Crippen LogP contribution in [0.25, 0.3) is 10.9 Å². The number of hydrogen-bond acceptors (Lipinski definition) is 6. The van der Waals surface area contributed by atoms with E-state index in [0.29, 0.717) is 39.6 Å². The Hall–Kier alpha value is -3.84. The average molecular weight is 436 g/mol. The zero-order valence-electron chi connectivity index (χ0n) is 16.5. The molecule has 31 heavy (non-hydrogen) atoms. The Kier molecular flexibility index (Phi) is 5.86. The van der Waals surface area contributed by atoms with Gasteiger partial charge in [-0.15, -0.1) is 0 Å². The quantitative estimate of drug-likeness (QED) is 0.450. The maximum absolute atomic E-state index is 12.7. The molecule has 0 aliphatic rings. The highest BCUT2D eigenvalue weighted by Gasteiger charge is 2.16. The largest absolute Gasteiger partial charge is 0.507 e. The summed E-state index contributed by atoms with van der Waals surface area (Å²) in [7, 11) is 1.47. The molecule has 156 valence electrons. The number of carbonyl (C=O) groups is 1. The predicted octanol–water partition coefficient (Wildman–Crippen LogP) is 4.83. The van der Waals surface area contributed by atoms with E-state index < -0.39 is 5.91 Å². The van der Waals surface area contributed by atoms with Gasteiger partial charge >= 0.3 is 0 Å². The number of fused-ring (bicyclic) bond motifs is 1. The highest BCUT2D eigenvalue weighted by molar-refractivity contribution is 6.32. The Bertz CT molecular complexity index is 1250. The molecule has 0 unspecified atom stereocenters. The van der Waals surface area contributed by atoms with Gasteiger partial charge in [-0.25, -0.2) is 9.97 Å². The van der Waals surface area contributed by atoms with E-state index in [9.17, 15) is 9.90 Å². The van der Waals surface area contributed by atoms with Crippen molar-refractivity contribution in [2.75, 3.05) is 12.4 Å². The van der Waals surface area contributed by atoms with Gasteiger partial charge in [-0.2, -0.15) is 0 Å². The van der Waals surface area contributed by atoms with Gasteiger partial charge in [0, 0.05) is 17.7 Å². The number of nitrogens with one attached hydrogen (secondary N) is 1. The van der Waals surface area contributed by atoms with Crippen LogP contribution in [-0.2, 0) is 6.61 Å². The standard InChI is InChI=1S/C23H18ClN3O4/c1-30-20-9-15(7-8-17(20)24)23(29)27-22-21-18(25-13-26-22)10-16(11-19(21)28)31-12-14-5-3-2-4-6-14/h2-11,13,28H,12H2,1H3,(H,25,26,27,29). The number of phenolic OH excluding ortho intramolecular Hbond substituents is 1. The van der Waals surface area contributed by atoms with Crippen LogP contribution in [-0.4, -0.2) is 28.1 Å². The van der Waals surface area contributed by atoms with Gasteiger partial charge in [0.2, 0.25) is 0 Å². The number of halogens is 1. The molecule has 0 bridgehead atoms. The Morgan fingerprint density at radius 2 is 1.90 bits per heavy atom. The van der Waals surface area contributed by atoms with Crippen LogP contribution in [0.3, 0.4) is 0 Å². The van der Waals surface area contributed by atoms with Gasteiger partial charge in [-0.3, -0.25) is 4.79 Å². The van der Waals surface area contributed by atoms with Gasteiger partial charge in [0.1, 0.15) is 36.0 Å². The van der Waals surface area contributed by atoms with Crippen LogP contribution in [0.2, 0.25) is 5.02 Å². The van der Waals surface area contributed by atoms with Crippen molar-refractivity contribution in [3.8, 4) is 17.2 Å². The molecule has 1 aromatic heterocycles. The summed E-state index contributed by atoms with van der Waals surface area (Å²) in [5.41, 5.74) is 1.76. The average Bonchev–Trinajstić information content (AvgIpc) is 2.78. The second-order valence-electron chi connectivity index (χ2n) is 6.64. The minimum atomic E-state index is -0.432. The predicted molar refractivity (Wildman–Crippen MR) is 118 cm³/mol. The maximum atomic E-state index is 12.7. The summed E-state index contributed by atoms with van der Waals surface area (Å²) in [5.74, 6) is 0.470. The lowest BCUT2D eigenvalue weighted by Crippen LogP contribution is -2.13. The molecule has 0 radical (unpaired) electrons. The first kappa shape index (κ1) is 20.4. The van der Waals surface area contributed by atoms with E-state index in [-0.39, 0.29) is 11.6 Å². The summed E-state index contributed by atoms with van der Waals surface area (Å²) in [6.45, 7) is 0.346. The second-order valence-corrected chi connectivity index (χ2v) is 7.04. The van der Waals surface area contributed by atoms with Crippen molar-refractivity contribution >= 4 is 34.2 Å². The van der Waals surface area contributed by atoms with Crippen molar-refractivity contribution in [2.24, 2.45) is 0 Å². The highest BCUT2D eigenvalue weighted by atomic mass is 35.5. The van der Waals surface area contributed by atoms with Gasteiger partial charge in [-0.05, 0) is 23.8 Å². The number of anilines is 1. The third-order valence-electron chi connectivity index (χ3n) is 4.58. The first-order valence-corrected chi connectivity index (χ1v) is 9.72. The summed E-state index contributed by atoms with van der Waals surface area (Å²) in [6.07, 6.45) is 1.31. The van der Waals surface area contributed by atoms with Crippen molar-refractivity contribution in [3.05, 3.63) is 83.1 Å². The number of hydrogen-bond donors (Lipinski definition) is 2. The smallest absolute Gasteiger partial charge is 0.256 e. The molecule has 7 nitrogen and oxygen atoms in total. The molecule has 1 heterocycles. The summed E-state index contributed by atoms with van der Waals surface area (Å²) in [6, 6.07) is 17.5. The summed E-state index contributed by atoms with van der Waals surface area (Å²) in [4.78, 5) is 21.0. The Labute approximate surface area is 183 Å². The van der Waals surface area contributed by atoms with Crippen LogP contribution in [0.4, 0.5) is 5.82 Å². The molecule has 3 aromatic carbocycles. The zero-order chi connectivity index (χ0) is 21.8. The van der Waals surface area contributed by atoms with Crippen LogP contribution in [0.5, 0.6) is 17.2 Å². The summed E-state index contributed by atoms with van der Waals surface area (Å²) < 4.78 is 10.9. The number of rotatable bonds is 6. The van der Waals surface area contributed by atoms with Crippen molar-refractivity contribution in [3.63, 3.8) is 0 Å². The van der Waals surface area contributed by atoms with Crippen molar-refractivity contribution < 1.29 is 19.4 Å². The molecule has 0 saturated heterocycles. The number of ether oxygens (including phenoxy) is 2. The number of nitrogens with zero attached hydrogens (tertiary/aromatic N) is 2. The number of aromatic hydroxyl groups is 1. The minimum Gasteiger partial charge on any atom is -0.507 e. The zero-order valence-corrected chi connectivity index (χ0v) is 17.3. The molecule has 0 aliphatic carbocycles. The summed E-state index contributed by atoms with van der Waals surface area (Å²) in [5, 5.41) is 14.0. The third-order valence-corrected chi connectivity index (χ3v) is 4.90. The van der Waals surface area contributed by atoms with Crippen LogP contribution in [0, 0.1) is 0 Å². The van der Waals surface area contributed by atoms with Crippen LogP contribution < -0.4 is 14.8 Å². The Morgan fingerprint density at radius 3 is 2.68 bits per heavy atom. The van der Waals surface area contributed by atoms with Crippen molar-refractivity contribution in [2.45, 2.75) is 6.61 Å². The van der Waals surface area contributed by atoms with Crippen LogP contribution in [0.15, 0.2) is 67.0 Å². The first-order valence-electron chi connectivity index (χ1n) is 9.34. The molecule has 8 heteroatoms. The van der Waals surface area contributed by atoms with Gasteiger partial charge in [-0.1, -0.05) is 41.9 Å². The fourth-order valence-electron chi connectivity index (χ4n) is 3.04. The van der Waals surface area contributed by atoms with Crippen molar-refractivity contribution in [1.82, 2.24) is 9.97 Å². The van der Waals surface area contributed by atoms with E-state index in [1.165, 1.54) is 25.6 Å². The molecule has 0 atom stereocenters. The van der Waals surface area contributed by atoms with E-state index in [4.69, 9.17) is 21.1 Å². The van der Waals surface area contributed by atoms with Crippen LogP contribution >= 0.6 is 11.6 Å². The highest BCUT2D eigenvalue weighted by Crippen LogP contribution is 2.34. The third kappa shape index (κ3) is 4.51. The monoisotopic (exact) mass is 435 g/mol. The lowest BCUT2D eigenvalue weighted by atomic mass is 10.1. The molecule has 2 N–H and O–H groups in total. The number of methoxy groups -OCH3 is 1. The molecule has 1 amide bonds. The van der Waals surface area contributed by atoms with E-state index in [1.807, 2.05) is 30.3 Å². The fourth-order valence-corrected chi connectivity index (χ4v) is 3.24. The minimum absolute atomic E-state index is 0.106. The van der Waals surface area contributed by atoms with Gasteiger partial charge in [0.15, 0.2) is 0 Å². The van der Waals surface area contributed by atoms with E-state index in [2.05, 4.69) is 15.3 Å². The van der Waals surface area contributed by atoms with Gasteiger partial charge in [0.25, 0.3) is 5.91 Å². The molecule has 0 saturated carbocycles. The van der Waals surface area contributed by atoms with E-state index in [0.717, 1.165) is 5.56 Å². The molecule has 4 aromatic rings. The maximum Gasteiger partial charge on any atom is 0.256 e. The molecule has 0 spiro atoms. The lowest BCUT2D eigenvalue weighted by Gasteiger charge is -2.12. The number of benzene rings is 3. The number of amides is 1. The Morgan fingerprint density at radius 1 is 1.10 bits per heavy atom. The Balaban J connectivity index is 1.59. The van der Waals surface area contributed by atoms with Gasteiger partial charge < -0.3 is 19.9 Å². The molecular formula is C23H18ClN3O4. The van der Waals surface area contributed by atoms with Crippen LogP contribution in [0.1, 0.15) is 15.9 Å². The molecule has 0 aliphatic heterocycles. The van der Waals surface area contributed by atoms with Crippen molar-refractivity contribution in [1.29, 1.82) is 0 Å². The number of carbonyl (C=O) groups excluding carboxylic acids is 1. The number of aromatic nitrogens is 2. The van der Waals surface area contributed by atoms with Gasteiger partial charge in [0.05, 0.1) is 23.0 Å². The molecule has 0 fully saturated rings. The summed E-state index contributed by atoms with van der Waals surface area (Å²) >= 11 is 6.02. The normalized spacial score (nSPS) is 10.6. The van der Waals surface area contributed by atoms with E-state index >= 15 is 0 Å². The first-order chi connectivity index (χ1) is 15.0. The number of phenols is 1. The molecule has 4 rings (SSSR count).